The Morgan fingerprint density at radius 3 is 1.08 bits per heavy atom. The largest absolute Gasteiger partial charge is 0.495 e. The lowest BCUT2D eigenvalue weighted by atomic mass is 10.2. The van der Waals surface area contributed by atoms with Crippen molar-refractivity contribution in [2.24, 2.45) is 0 Å². The van der Waals surface area contributed by atoms with Gasteiger partial charge in [-0.15, -0.1) is 0 Å². The average Bonchev–Trinajstić information content (AvgIpc) is 0.818. The standard InChI is InChI=1S/C28H33ClN7O4P.C27H33ClN7O4P.C25H28ClN6O4P/c1-35-13-15-36(16-14-35)26(38)12-11-25(37)31-19-9-10-23(40-2)22(17-19)33-28-30-18-20(29)27(34-28)32-21-7-5-6-8-24(21)41(3,4)39;1-35(2)15-14-29-24(36)12-13-25(37)31-18-10-11-22(39-3)21(16-18)33-27-30-17-19(28)26(34-27)32-20-8-6-7-9-23(20)40(4,5)38;1-32(2)23(34)13-12-22(33)28-16-10-11-20(36-3)19(14-16)30-25-27-15-17(26)24(31-25)29-18-8-6-7-9-21(18)37(4,5)35/h5-12,17-18H,13-16H2,1-4H3,(H,31,37)(H2,30,32,33,34);6-13,16-17H,14-15H2,1-5H3,(H,29,36)(H,31,37)(H2,30,32,33,34);6-15H,1-5H3,(H,28,33)(H2,27,29,30,31)/b12-11-;2*13-12-. The van der Waals surface area contributed by atoms with Crippen molar-refractivity contribution < 1.29 is 56.7 Å². The van der Waals surface area contributed by atoms with E-state index in [1.54, 1.807) is 144 Å². The Balaban J connectivity index is 0.000000221. The van der Waals surface area contributed by atoms with E-state index >= 15 is 0 Å². The lowest BCUT2D eigenvalue weighted by Crippen LogP contribution is -2.46. The van der Waals surface area contributed by atoms with E-state index in [-0.39, 0.29) is 50.6 Å². The summed E-state index contributed by atoms with van der Waals surface area (Å²) in [6.45, 7) is 14.2. The number of carbonyl (C=O) groups excluding carboxylic acids is 6. The van der Waals surface area contributed by atoms with Crippen LogP contribution in [0.15, 0.2) is 182 Å². The van der Waals surface area contributed by atoms with Gasteiger partial charge >= 0.3 is 0 Å². The number of piperazine rings is 1. The molecule has 0 unspecified atom stereocenters. The van der Waals surface area contributed by atoms with Crippen LogP contribution in [-0.4, -0.2) is 221 Å². The fourth-order valence-electron chi connectivity index (χ4n) is 10.8. The third kappa shape index (κ3) is 28.3. The minimum absolute atomic E-state index is 0.196. The smallest absolute Gasteiger partial charge is 0.248 e. The van der Waals surface area contributed by atoms with Gasteiger partial charge < -0.3 is 101 Å². The molecule has 0 radical (unpaired) electrons. The molecule has 1 aliphatic heterocycles. The van der Waals surface area contributed by atoms with Crippen molar-refractivity contribution in [2.75, 3.05) is 184 Å². The maximum absolute atomic E-state index is 12.8. The van der Waals surface area contributed by atoms with E-state index in [1.807, 2.05) is 68.5 Å². The van der Waals surface area contributed by atoms with Crippen LogP contribution in [0.1, 0.15) is 0 Å². The van der Waals surface area contributed by atoms with Crippen molar-refractivity contribution in [3.05, 3.63) is 198 Å². The third-order valence-corrected chi connectivity index (χ3v) is 22.3. The second-order valence-electron chi connectivity index (χ2n) is 27.7. The molecule has 32 nitrogen and oxygen atoms in total. The summed E-state index contributed by atoms with van der Waals surface area (Å²) in [5.41, 5.74) is 4.72. The molecule has 118 heavy (non-hydrogen) atoms. The zero-order valence-corrected chi connectivity index (χ0v) is 72.4. The van der Waals surface area contributed by atoms with Crippen molar-refractivity contribution in [1.29, 1.82) is 0 Å². The number of carbonyl (C=O) groups is 6. The van der Waals surface area contributed by atoms with Crippen LogP contribution in [0, 0.1) is 0 Å². The predicted octanol–water partition coefficient (Wildman–Crippen LogP) is 12.6. The number of hydrogen-bond acceptors (Lipinski definition) is 26. The molecule has 6 aromatic carbocycles. The van der Waals surface area contributed by atoms with Gasteiger partial charge in [0, 0.05) is 123 Å². The zero-order valence-electron chi connectivity index (χ0n) is 67.4. The Hall–Kier alpha value is -11.7. The van der Waals surface area contributed by atoms with Gasteiger partial charge in [0.2, 0.25) is 53.3 Å². The van der Waals surface area contributed by atoms with Crippen LogP contribution in [0.2, 0.25) is 15.1 Å². The Labute approximate surface area is 699 Å². The highest BCUT2D eigenvalue weighted by molar-refractivity contribution is 7.71. The van der Waals surface area contributed by atoms with E-state index in [4.69, 9.17) is 49.0 Å². The molecule has 0 saturated carbocycles. The van der Waals surface area contributed by atoms with Crippen molar-refractivity contribution in [3.8, 4) is 17.2 Å². The predicted molar refractivity (Wildman–Crippen MR) is 474 cm³/mol. The molecular formula is C80H94Cl3N20O12P3. The second-order valence-corrected chi connectivity index (χ2v) is 38.5. The van der Waals surface area contributed by atoms with Crippen molar-refractivity contribution in [2.45, 2.75) is 0 Å². The Kier molecular flexibility index (Phi) is 33.4. The summed E-state index contributed by atoms with van der Waals surface area (Å²) in [6, 6.07) is 36.7. The molecule has 0 aliphatic carbocycles. The SMILES string of the molecule is COc1ccc(NC(=O)/C=C\C(=O)N(C)C)cc1Nc1ncc(Cl)c(Nc2ccccc2P(C)(C)=O)n1.COc1ccc(NC(=O)/C=C\C(=O)N2CCN(C)CC2)cc1Nc1ncc(Cl)c(Nc2ccccc2P(C)(C)=O)n1.COc1ccc(NC(=O)/C=C\C(=O)NCCN(C)C)cc1Nc1ncc(Cl)c(Nc2ccccc2P(C)(C)=O)n1. The molecule has 3 aromatic heterocycles. The summed E-state index contributed by atoms with van der Waals surface area (Å²) >= 11 is 19.1. The van der Waals surface area contributed by atoms with Crippen LogP contribution in [0.4, 0.5) is 86.5 Å². The number of hydrogen-bond donors (Lipinski definition) is 10. The second kappa shape index (κ2) is 42.9. The molecule has 38 heteroatoms. The molecule has 622 valence electrons. The Bertz CT molecular complexity index is 5370. The van der Waals surface area contributed by atoms with Crippen LogP contribution < -0.4 is 83.3 Å². The van der Waals surface area contributed by atoms with Crippen LogP contribution in [0.5, 0.6) is 17.2 Å². The number of halogens is 3. The summed E-state index contributed by atoms with van der Waals surface area (Å²) in [5.74, 6) is 0.776. The minimum atomic E-state index is -2.57. The molecule has 10 N–H and O–H groups in total. The van der Waals surface area contributed by atoms with E-state index in [2.05, 4.69) is 88.0 Å². The maximum Gasteiger partial charge on any atom is 0.248 e. The number of likely N-dealkylation sites (N-methyl/N-ethyl adjacent to an activating group) is 3. The van der Waals surface area contributed by atoms with Gasteiger partial charge in [-0.2, -0.15) is 15.0 Å². The average molecular weight is 1730 g/mol. The first kappa shape index (κ1) is 91.8. The number of nitrogens with one attached hydrogen (secondary N) is 10. The lowest BCUT2D eigenvalue weighted by Gasteiger charge is -2.31. The molecule has 10 rings (SSSR count). The Morgan fingerprint density at radius 2 is 0.754 bits per heavy atom. The number of anilines is 15. The third-order valence-electron chi connectivity index (χ3n) is 16.8. The van der Waals surface area contributed by atoms with Crippen molar-refractivity contribution in [1.82, 2.24) is 54.8 Å². The number of aromatic nitrogens is 6. The summed E-state index contributed by atoms with van der Waals surface area (Å²) in [7, 11) is 5.85. The van der Waals surface area contributed by atoms with Gasteiger partial charge in [-0.1, -0.05) is 71.2 Å². The summed E-state index contributed by atoms with van der Waals surface area (Å²) < 4.78 is 54.6. The number of methoxy groups -OCH3 is 3. The number of amides is 6. The topological polar surface area (TPSA) is 392 Å². The van der Waals surface area contributed by atoms with E-state index in [9.17, 15) is 42.5 Å². The van der Waals surface area contributed by atoms with Crippen molar-refractivity contribution in [3.63, 3.8) is 0 Å². The molecule has 4 heterocycles. The molecule has 6 amide bonds. The molecule has 1 aliphatic rings. The van der Waals surface area contributed by atoms with E-state index < -0.39 is 39.1 Å². The van der Waals surface area contributed by atoms with Crippen LogP contribution in [-0.2, 0) is 42.5 Å². The molecule has 1 fully saturated rings. The zero-order chi connectivity index (χ0) is 86.0. The first-order chi connectivity index (χ1) is 56.0. The highest BCUT2D eigenvalue weighted by atomic mass is 35.5. The summed E-state index contributed by atoms with van der Waals surface area (Å²) in [4.78, 5) is 106. The maximum atomic E-state index is 12.8. The molecule has 9 aromatic rings. The first-order valence-electron chi connectivity index (χ1n) is 36.2. The highest BCUT2D eigenvalue weighted by Crippen LogP contribution is 2.42. The van der Waals surface area contributed by atoms with Gasteiger partial charge in [0.05, 0.1) is 74.0 Å². The van der Waals surface area contributed by atoms with Crippen LogP contribution in [0.25, 0.3) is 0 Å². The van der Waals surface area contributed by atoms with Gasteiger partial charge in [0.15, 0.2) is 17.5 Å². The molecule has 0 spiro atoms. The number of ether oxygens (including phenoxy) is 3. The van der Waals surface area contributed by atoms with Gasteiger partial charge in [-0.05, 0) is 152 Å². The van der Waals surface area contributed by atoms with Crippen molar-refractivity contribution >= 4 is 194 Å². The van der Waals surface area contributed by atoms with Crippen LogP contribution >= 0.6 is 56.2 Å². The van der Waals surface area contributed by atoms with E-state index in [0.29, 0.717) is 128 Å². The van der Waals surface area contributed by atoms with Crippen LogP contribution in [0.3, 0.4) is 0 Å². The van der Waals surface area contributed by atoms with Gasteiger partial charge in [-0.3, -0.25) is 28.8 Å². The number of para-hydroxylation sites is 3. The quantitative estimate of drug-likeness (QED) is 0.0148. The van der Waals surface area contributed by atoms with E-state index in [0.717, 1.165) is 25.2 Å². The Morgan fingerprint density at radius 1 is 0.432 bits per heavy atom. The number of benzene rings is 6. The first-order valence-corrected chi connectivity index (χ1v) is 45.2. The van der Waals surface area contributed by atoms with Gasteiger partial charge in [-0.25, -0.2) is 15.0 Å². The summed E-state index contributed by atoms with van der Waals surface area (Å²) in [5, 5.41) is 32.4. The monoisotopic (exact) mass is 1720 g/mol. The fourth-order valence-corrected chi connectivity index (χ4v) is 14.7. The summed E-state index contributed by atoms with van der Waals surface area (Å²) in [6.07, 6.45) is 11.5. The fraction of sp³-hybridized carbons (Fsp3) is 0.250. The lowest BCUT2D eigenvalue weighted by molar-refractivity contribution is -0.128. The van der Waals surface area contributed by atoms with Gasteiger partial charge in [0.25, 0.3) is 0 Å². The molecule has 0 bridgehead atoms. The number of rotatable bonds is 30. The highest BCUT2D eigenvalue weighted by Gasteiger charge is 2.23. The molecule has 1 saturated heterocycles. The van der Waals surface area contributed by atoms with Gasteiger partial charge in [0.1, 0.15) is 53.7 Å². The molecular weight excluding hydrogens is 1630 g/mol. The van der Waals surface area contributed by atoms with E-state index in [1.165, 1.54) is 69.1 Å². The normalized spacial score (nSPS) is 12.3. The minimum Gasteiger partial charge on any atom is -0.495 e. The number of nitrogens with zero attached hydrogens (tertiary/aromatic N) is 10. The molecule has 0 atom stereocenters.